The number of hydrogen-bond donors (Lipinski definition) is 0. The molecule has 0 aromatic carbocycles. The van der Waals surface area contributed by atoms with Crippen LogP contribution in [0, 0.1) is 6.92 Å². The second-order valence-corrected chi connectivity index (χ2v) is 8.71. The largest absolute Gasteiger partial charge is 0.389 e. The minimum atomic E-state index is -4.26. The Hall–Kier alpha value is -3.01. The highest BCUT2D eigenvalue weighted by molar-refractivity contribution is 5.88. The van der Waals surface area contributed by atoms with Crippen LogP contribution in [0.25, 0.3) is 16.6 Å². The highest BCUT2D eigenvalue weighted by Gasteiger charge is 2.30. The van der Waals surface area contributed by atoms with Crippen molar-refractivity contribution in [2.24, 2.45) is 0 Å². The van der Waals surface area contributed by atoms with Gasteiger partial charge < -0.3 is 9.64 Å². The van der Waals surface area contributed by atoms with E-state index in [0.29, 0.717) is 54.0 Å². The number of nitrogens with zero attached hydrogens (tertiary/aromatic N) is 6. The second-order valence-electron chi connectivity index (χ2n) is 8.71. The molecule has 3 aromatic heterocycles. The molecular weight excluding hydrogens is 433 g/mol. The molecule has 2 aliphatic rings. The summed E-state index contributed by atoms with van der Waals surface area (Å²) in [5.41, 5.74) is 2.95. The van der Waals surface area contributed by atoms with E-state index in [2.05, 4.69) is 26.6 Å². The molecule has 7 nitrogen and oxygen atoms in total. The van der Waals surface area contributed by atoms with Crippen LogP contribution in [0.4, 0.5) is 19.1 Å². The summed E-state index contributed by atoms with van der Waals surface area (Å²) in [5.74, 6) is 0.423. The Morgan fingerprint density at radius 3 is 2.79 bits per heavy atom. The van der Waals surface area contributed by atoms with Crippen molar-refractivity contribution in [1.29, 1.82) is 0 Å². The number of alkyl halides is 3. The molecule has 1 saturated heterocycles. The standard InChI is InChI=1S/C23H25F3N6O/c1-14(7-8-23(24,25)26)20-18-6-3-15(2)28-21(18)30-22(29-20)31-9-10-33-19(13-31)16-11-27-32(12-16)17-4-5-17/h3,6,11-12,17,19H,1,4-5,7-10,13H2,2H3/t19-/m1/s1. The predicted octanol–water partition coefficient (Wildman–Crippen LogP) is 4.80. The molecule has 1 atom stereocenters. The first-order valence-electron chi connectivity index (χ1n) is 11.1. The zero-order chi connectivity index (χ0) is 23.2. The van der Waals surface area contributed by atoms with Crippen LogP contribution in [0.3, 0.4) is 0 Å². The third-order valence-corrected chi connectivity index (χ3v) is 6.00. The molecule has 10 heteroatoms. The Bertz CT molecular complexity index is 1190. The average Bonchev–Trinajstić information content (AvgIpc) is 3.52. The lowest BCUT2D eigenvalue weighted by atomic mass is 10.0. The van der Waals surface area contributed by atoms with Crippen molar-refractivity contribution < 1.29 is 17.9 Å². The van der Waals surface area contributed by atoms with Gasteiger partial charge in [0.25, 0.3) is 0 Å². The van der Waals surface area contributed by atoms with Gasteiger partial charge >= 0.3 is 6.18 Å². The first-order valence-corrected chi connectivity index (χ1v) is 11.1. The van der Waals surface area contributed by atoms with Gasteiger partial charge in [0.2, 0.25) is 5.95 Å². The van der Waals surface area contributed by atoms with E-state index in [1.165, 1.54) is 0 Å². The topological polar surface area (TPSA) is 69.0 Å². The van der Waals surface area contributed by atoms with Gasteiger partial charge in [-0.05, 0) is 43.9 Å². The molecule has 0 amide bonds. The Kier molecular flexibility index (Phi) is 5.55. The van der Waals surface area contributed by atoms with E-state index in [0.717, 1.165) is 24.1 Å². The third-order valence-electron chi connectivity index (χ3n) is 6.00. The Morgan fingerprint density at radius 1 is 1.21 bits per heavy atom. The average molecular weight is 458 g/mol. The van der Waals surface area contributed by atoms with Gasteiger partial charge in [-0.25, -0.2) is 9.97 Å². The number of halogens is 3. The highest BCUT2D eigenvalue weighted by atomic mass is 19.4. The van der Waals surface area contributed by atoms with Crippen molar-refractivity contribution in [1.82, 2.24) is 24.7 Å². The van der Waals surface area contributed by atoms with Crippen molar-refractivity contribution in [3.8, 4) is 0 Å². The molecule has 0 spiro atoms. The number of fused-ring (bicyclic) bond motifs is 1. The van der Waals surface area contributed by atoms with Gasteiger partial charge in [-0.1, -0.05) is 6.58 Å². The summed E-state index contributed by atoms with van der Waals surface area (Å²) in [6.45, 7) is 7.31. The summed E-state index contributed by atoms with van der Waals surface area (Å²) in [6.07, 6.45) is 0.546. The molecule has 174 valence electrons. The molecule has 2 fully saturated rings. The number of morpholine rings is 1. The summed E-state index contributed by atoms with van der Waals surface area (Å²) in [7, 11) is 0. The fourth-order valence-electron chi connectivity index (χ4n) is 4.01. The molecule has 0 unspecified atom stereocenters. The Labute approximate surface area is 189 Å². The van der Waals surface area contributed by atoms with E-state index in [1.54, 1.807) is 12.1 Å². The van der Waals surface area contributed by atoms with Crippen LogP contribution in [-0.4, -0.2) is 50.6 Å². The van der Waals surface area contributed by atoms with Crippen LogP contribution in [0.15, 0.2) is 31.1 Å². The SMILES string of the molecule is C=C(CCC(F)(F)F)c1nc(N2CCO[C@@H](c3cnn(C4CC4)c3)C2)nc2nc(C)ccc12. The van der Waals surface area contributed by atoms with Crippen LogP contribution in [-0.2, 0) is 4.74 Å². The molecule has 0 bridgehead atoms. The number of allylic oxidation sites excluding steroid dienone is 1. The van der Waals surface area contributed by atoms with E-state index in [1.807, 2.05) is 28.9 Å². The lowest BCUT2D eigenvalue weighted by molar-refractivity contribution is -0.133. The molecule has 3 aromatic rings. The first kappa shape index (κ1) is 21.8. The summed E-state index contributed by atoms with van der Waals surface area (Å²) in [4.78, 5) is 15.8. The van der Waals surface area contributed by atoms with Crippen LogP contribution in [0.5, 0.6) is 0 Å². The monoisotopic (exact) mass is 458 g/mol. The molecule has 1 saturated carbocycles. The molecule has 5 rings (SSSR count). The van der Waals surface area contributed by atoms with E-state index in [4.69, 9.17) is 4.74 Å². The van der Waals surface area contributed by atoms with Gasteiger partial charge in [-0.15, -0.1) is 0 Å². The van der Waals surface area contributed by atoms with Gasteiger partial charge in [0.05, 0.1) is 31.1 Å². The van der Waals surface area contributed by atoms with Crippen molar-refractivity contribution in [2.45, 2.75) is 50.9 Å². The third kappa shape index (κ3) is 4.85. The fourth-order valence-corrected chi connectivity index (χ4v) is 4.01. The fraction of sp³-hybridized carbons (Fsp3) is 0.478. The van der Waals surface area contributed by atoms with Crippen LogP contribution >= 0.6 is 0 Å². The van der Waals surface area contributed by atoms with Gasteiger partial charge in [0, 0.05) is 35.8 Å². The maximum Gasteiger partial charge on any atom is 0.389 e. The maximum atomic E-state index is 12.8. The van der Waals surface area contributed by atoms with E-state index >= 15 is 0 Å². The molecule has 1 aliphatic heterocycles. The lowest BCUT2D eigenvalue weighted by Crippen LogP contribution is -2.39. The lowest BCUT2D eigenvalue weighted by Gasteiger charge is -2.32. The quantitative estimate of drug-likeness (QED) is 0.529. The number of pyridine rings is 1. The van der Waals surface area contributed by atoms with Gasteiger partial charge in [0.15, 0.2) is 5.65 Å². The number of hydrogen-bond acceptors (Lipinski definition) is 6. The Morgan fingerprint density at radius 2 is 2.03 bits per heavy atom. The van der Waals surface area contributed by atoms with Crippen LogP contribution < -0.4 is 4.90 Å². The van der Waals surface area contributed by atoms with Gasteiger partial charge in [-0.2, -0.15) is 23.3 Å². The minimum absolute atomic E-state index is 0.187. The van der Waals surface area contributed by atoms with Crippen molar-refractivity contribution in [3.05, 3.63) is 48.1 Å². The van der Waals surface area contributed by atoms with Gasteiger partial charge in [-0.3, -0.25) is 4.68 Å². The summed E-state index contributed by atoms with van der Waals surface area (Å²) < 4.78 is 46.4. The van der Waals surface area contributed by atoms with Crippen molar-refractivity contribution in [2.75, 3.05) is 24.6 Å². The minimum Gasteiger partial charge on any atom is -0.370 e. The van der Waals surface area contributed by atoms with Crippen LogP contribution in [0.2, 0.25) is 0 Å². The number of aryl methyl sites for hydroxylation is 1. The Balaban J connectivity index is 1.44. The molecule has 4 heterocycles. The predicted molar refractivity (Wildman–Crippen MR) is 118 cm³/mol. The highest BCUT2D eigenvalue weighted by Crippen LogP contribution is 2.36. The van der Waals surface area contributed by atoms with Crippen molar-refractivity contribution >= 4 is 22.6 Å². The zero-order valence-electron chi connectivity index (χ0n) is 18.3. The summed E-state index contributed by atoms with van der Waals surface area (Å²) in [6, 6.07) is 4.08. The van der Waals surface area contributed by atoms with Crippen molar-refractivity contribution in [3.63, 3.8) is 0 Å². The van der Waals surface area contributed by atoms with E-state index < -0.39 is 12.6 Å². The summed E-state index contributed by atoms with van der Waals surface area (Å²) >= 11 is 0. The van der Waals surface area contributed by atoms with E-state index in [-0.39, 0.29) is 12.5 Å². The number of anilines is 1. The number of aromatic nitrogens is 5. The maximum absolute atomic E-state index is 12.8. The number of rotatable bonds is 6. The molecule has 0 radical (unpaired) electrons. The normalized spacial score (nSPS) is 19.3. The molecule has 33 heavy (non-hydrogen) atoms. The molecular formula is C23H25F3N6O. The van der Waals surface area contributed by atoms with Gasteiger partial charge in [0.1, 0.15) is 6.10 Å². The smallest absolute Gasteiger partial charge is 0.370 e. The molecule has 1 aliphatic carbocycles. The van der Waals surface area contributed by atoms with E-state index in [9.17, 15) is 13.2 Å². The van der Waals surface area contributed by atoms with Crippen LogP contribution in [0.1, 0.15) is 54.8 Å². The summed E-state index contributed by atoms with van der Waals surface area (Å²) in [5, 5.41) is 5.06. The number of ether oxygens (including phenoxy) is 1. The molecule has 0 N–H and O–H groups in total. The second kappa shape index (κ2) is 8.40. The first-order chi connectivity index (χ1) is 15.8. The zero-order valence-corrected chi connectivity index (χ0v) is 18.3.